The highest BCUT2D eigenvalue weighted by Gasteiger charge is 2.12. The Kier molecular flexibility index (Phi) is 21.5. The van der Waals surface area contributed by atoms with Gasteiger partial charge in [-0.1, -0.05) is 121 Å². The number of ether oxygens (including phenoxy) is 2. The Balaban J connectivity index is 1.87. The van der Waals surface area contributed by atoms with E-state index in [0.29, 0.717) is 12.5 Å². The molecule has 0 bridgehead atoms. The molecular formula is C30H54O2S. The lowest BCUT2D eigenvalue weighted by Crippen LogP contribution is -2.22. The fourth-order valence-electron chi connectivity index (χ4n) is 4.28. The number of hydrogen-bond acceptors (Lipinski definition) is 3. The van der Waals surface area contributed by atoms with Crippen molar-refractivity contribution in [3.63, 3.8) is 0 Å². The minimum atomic E-state index is 0.199. The van der Waals surface area contributed by atoms with Crippen molar-refractivity contribution in [2.45, 2.75) is 123 Å². The number of thioether (sulfide) groups is 1. The molecule has 0 heterocycles. The Morgan fingerprint density at radius 2 is 1.21 bits per heavy atom. The van der Waals surface area contributed by atoms with Crippen molar-refractivity contribution in [2.24, 2.45) is 5.92 Å². The Labute approximate surface area is 211 Å². The molecular weight excluding hydrogens is 424 g/mol. The fraction of sp³-hybridized carbons (Fsp3) is 0.800. The minimum absolute atomic E-state index is 0.199. The Morgan fingerprint density at radius 1 is 0.697 bits per heavy atom. The van der Waals surface area contributed by atoms with Gasteiger partial charge in [0.2, 0.25) is 0 Å². The van der Waals surface area contributed by atoms with Gasteiger partial charge in [-0.2, -0.15) is 11.8 Å². The van der Waals surface area contributed by atoms with Gasteiger partial charge in [-0.25, -0.2) is 0 Å². The summed E-state index contributed by atoms with van der Waals surface area (Å²) in [6.07, 6.45) is 23.1. The molecule has 1 aromatic carbocycles. The maximum absolute atomic E-state index is 6.15. The third kappa shape index (κ3) is 20.6. The summed E-state index contributed by atoms with van der Waals surface area (Å²) < 4.78 is 12.1. The highest BCUT2D eigenvalue weighted by atomic mass is 32.2. The Bertz CT molecular complexity index is 505. The van der Waals surface area contributed by atoms with Crippen LogP contribution >= 0.6 is 11.8 Å². The van der Waals surface area contributed by atoms with Gasteiger partial charge in [0.05, 0.1) is 19.3 Å². The van der Waals surface area contributed by atoms with E-state index in [2.05, 4.69) is 50.4 Å². The summed E-state index contributed by atoms with van der Waals surface area (Å²) in [6.45, 7) is 6.80. The van der Waals surface area contributed by atoms with Crippen LogP contribution in [-0.2, 0) is 16.1 Å². The molecule has 0 radical (unpaired) electrons. The van der Waals surface area contributed by atoms with Crippen LogP contribution in [0.3, 0.4) is 0 Å². The van der Waals surface area contributed by atoms with Gasteiger partial charge in [0.25, 0.3) is 0 Å². The van der Waals surface area contributed by atoms with Crippen LogP contribution in [0.1, 0.15) is 116 Å². The zero-order valence-electron chi connectivity index (χ0n) is 22.2. The van der Waals surface area contributed by atoms with Crippen LogP contribution in [0.4, 0.5) is 0 Å². The largest absolute Gasteiger partial charge is 0.379 e. The van der Waals surface area contributed by atoms with E-state index in [1.807, 2.05) is 11.8 Å². The van der Waals surface area contributed by atoms with E-state index in [1.54, 1.807) is 0 Å². The molecule has 0 aromatic heterocycles. The van der Waals surface area contributed by atoms with E-state index in [-0.39, 0.29) is 6.10 Å². The summed E-state index contributed by atoms with van der Waals surface area (Å²) in [5.74, 6) is 1.97. The van der Waals surface area contributed by atoms with Crippen LogP contribution in [0.15, 0.2) is 30.3 Å². The molecule has 0 amide bonds. The van der Waals surface area contributed by atoms with Crippen LogP contribution in [0.2, 0.25) is 0 Å². The molecule has 1 unspecified atom stereocenters. The van der Waals surface area contributed by atoms with Crippen LogP contribution in [0, 0.1) is 5.92 Å². The maximum atomic E-state index is 6.15. The molecule has 0 N–H and O–H groups in total. The first kappa shape index (κ1) is 30.5. The molecule has 0 aliphatic heterocycles. The summed E-state index contributed by atoms with van der Waals surface area (Å²) in [4.78, 5) is 0. The maximum Gasteiger partial charge on any atom is 0.0815 e. The first-order chi connectivity index (χ1) is 16.2. The van der Waals surface area contributed by atoms with Crippen molar-refractivity contribution < 1.29 is 9.47 Å². The fourth-order valence-corrected chi connectivity index (χ4v) is 4.78. The summed E-state index contributed by atoms with van der Waals surface area (Å²) >= 11 is 1.98. The minimum Gasteiger partial charge on any atom is -0.379 e. The third-order valence-electron chi connectivity index (χ3n) is 6.25. The van der Waals surface area contributed by atoms with Gasteiger partial charge in [0.15, 0.2) is 0 Å². The second-order valence-electron chi connectivity index (χ2n) is 10.1. The predicted molar refractivity (Wildman–Crippen MR) is 148 cm³/mol. The number of unbranched alkanes of at least 4 members (excludes halogenated alkanes) is 13. The van der Waals surface area contributed by atoms with Gasteiger partial charge < -0.3 is 9.47 Å². The molecule has 192 valence electrons. The topological polar surface area (TPSA) is 18.5 Å². The molecule has 33 heavy (non-hydrogen) atoms. The van der Waals surface area contributed by atoms with Crippen molar-refractivity contribution in [2.75, 3.05) is 25.2 Å². The molecule has 0 saturated heterocycles. The molecule has 0 saturated carbocycles. The van der Waals surface area contributed by atoms with E-state index in [1.165, 1.54) is 101 Å². The summed E-state index contributed by atoms with van der Waals surface area (Å²) in [5, 5.41) is 0. The standard InChI is InChI=1S/C30H54O2S/c1-28(2)25-30(32-26-29-21-17-16-18-22-29)27-31-23-19-14-12-10-8-6-4-5-7-9-11-13-15-20-24-33-3/h16-18,21-22,28,30H,4-15,19-20,23-27H2,1-3H3. The van der Waals surface area contributed by atoms with Crippen LogP contribution in [0.5, 0.6) is 0 Å². The van der Waals surface area contributed by atoms with E-state index in [4.69, 9.17) is 9.47 Å². The van der Waals surface area contributed by atoms with Gasteiger partial charge in [-0.05, 0) is 42.8 Å². The summed E-state index contributed by atoms with van der Waals surface area (Å²) in [5.41, 5.74) is 1.24. The lowest BCUT2D eigenvalue weighted by Gasteiger charge is -2.20. The van der Waals surface area contributed by atoms with E-state index in [9.17, 15) is 0 Å². The zero-order chi connectivity index (χ0) is 23.8. The monoisotopic (exact) mass is 478 g/mol. The molecule has 0 aliphatic rings. The van der Waals surface area contributed by atoms with Crippen LogP contribution in [-0.4, -0.2) is 31.3 Å². The van der Waals surface area contributed by atoms with Gasteiger partial charge in [0.1, 0.15) is 0 Å². The second-order valence-corrected chi connectivity index (χ2v) is 11.1. The average Bonchev–Trinajstić information content (AvgIpc) is 2.82. The van der Waals surface area contributed by atoms with E-state index in [0.717, 1.165) is 19.6 Å². The second kappa shape index (κ2) is 23.2. The highest BCUT2D eigenvalue weighted by Crippen LogP contribution is 2.15. The number of hydrogen-bond donors (Lipinski definition) is 0. The number of benzene rings is 1. The Morgan fingerprint density at radius 3 is 1.73 bits per heavy atom. The zero-order valence-corrected chi connectivity index (χ0v) is 23.0. The van der Waals surface area contributed by atoms with E-state index >= 15 is 0 Å². The van der Waals surface area contributed by atoms with Gasteiger partial charge in [-0.15, -0.1) is 0 Å². The average molecular weight is 479 g/mol. The van der Waals surface area contributed by atoms with Crippen LogP contribution in [0.25, 0.3) is 0 Å². The lowest BCUT2D eigenvalue weighted by atomic mass is 10.0. The first-order valence-electron chi connectivity index (χ1n) is 13.9. The molecule has 0 aliphatic carbocycles. The van der Waals surface area contributed by atoms with Crippen molar-refractivity contribution in [1.82, 2.24) is 0 Å². The van der Waals surface area contributed by atoms with Gasteiger partial charge in [-0.3, -0.25) is 0 Å². The van der Waals surface area contributed by atoms with Crippen LogP contribution < -0.4 is 0 Å². The molecule has 0 spiro atoms. The lowest BCUT2D eigenvalue weighted by molar-refractivity contribution is -0.0346. The summed E-state index contributed by atoms with van der Waals surface area (Å²) in [6, 6.07) is 10.5. The van der Waals surface area contributed by atoms with E-state index < -0.39 is 0 Å². The van der Waals surface area contributed by atoms with Gasteiger partial charge in [0, 0.05) is 6.61 Å². The predicted octanol–water partition coefficient (Wildman–Crippen LogP) is 9.46. The Hall–Kier alpha value is -0.510. The molecule has 1 rings (SSSR count). The summed E-state index contributed by atoms with van der Waals surface area (Å²) in [7, 11) is 0. The van der Waals surface area contributed by atoms with Crippen molar-refractivity contribution >= 4 is 11.8 Å². The molecule has 3 heteroatoms. The van der Waals surface area contributed by atoms with Crippen molar-refractivity contribution in [3.05, 3.63) is 35.9 Å². The first-order valence-corrected chi connectivity index (χ1v) is 15.3. The quantitative estimate of drug-likeness (QED) is 0.138. The molecule has 1 atom stereocenters. The number of rotatable bonds is 24. The SMILES string of the molecule is CSCCCCCCCCCCCCCCCCOCC(CC(C)C)OCc1ccccc1. The molecule has 0 fully saturated rings. The smallest absolute Gasteiger partial charge is 0.0815 e. The van der Waals surface area contributed by atoms with Gasteiger partial charge >= 0.3 is 0 Å². The van der Waals surface area contributed by atoms with Crippen molar-refractivity contribution in [1.29, 1.82) is 0 Å². The molecule has 1 aromatic rings. The van der Waals surface area contributed by atoms with Crippen molar-refractivity contribution in [3.8, 4) is 0 Å². The molecule has 2 nitrogen and oxygen atoms in total. The normalized spacial score (nSPS) is 12.5. The highest BCUT2D eigenvalue weighted by molar-refractivity contribution is 7.98. The third-order valence-corrected chi connectivity index (χ3v) is 6.95.